The number of aromatic nitrogens is 2. The van der Waals surface area contributed by atoms with Gasteiger partial charge < -0.3 is 9.15 Å². The number of hydrogen-bond acceptors (Lipinski definition) is 4. The Morgan fingerprint density at radius 2 is 2.32 bits per heavy atom. The number of aryl methyl sites for hydroxylation is 1. The number of rotatable bonds is 6. The van der Waals surface area contributed by atoms with Crippen LogP contribution in [0.5, 0.6) is 0 Å². The van der Waals surface area contributed by atoms with E-state index in [2.05, 4.69) is 21.0 Å². The number of halogens is 1. The smallest absolute Gasteiger partial charge is 0.247 e. The minimum Gasteiger partial charge on any atom is -0.458 e. The van der Waals surface area contributed by atoms with Crippen molar-refractivity contribution in [2.75, 3.05) is 13.7 Å². The predicted octanol–water partition coefficient (Wildman–Crippen LogP) is 2.68. The summed E-state index contributed by atoms with van der Waals surface area (Å²) in [7, 11) is 1.61. The predicted molar refractivity (Wildman–Crippen MR) is 73.3 cm³/mol. The van der Waals surface area contributed by atoms with Crippen LogP contribution in [-0.4, -0.2) is 29.3 Å². The lowest BCUT2D eigenvalue weighted by Crippen LogP contribution is -2.14. The number of carbonyl (C=O) groups is 1. The number of methoxy groups -OCH3 is 1. The van der Waals surface area contributed by atoms with Crippen LogP contribution in [0.3, 0.4) is 0 Å². The number of nitrogens with zero attached hydrogens (tertiary/aromatic N) is 2. The first kappa shape index (κ1) is 14.0. The average molecular weight is 327 g/mol. The third-order valence-electron chi connectivity index (χ3n) is 2.75. The number of carbonyl (C=O) groups excluding carboxylic acids is 1. The van der Waals surface area contributed by atoms with Crippen LogP contribution in [-0.2, 0) is 17.7 Å². The minimum absolute atomic E-state index is 0.180. The molecule has 5 nitrogen and oxygen atoms in total. The summed E-state index contributed by atoms with van der Waals surface area (Å²) in [4.78, 5) is 12.4. The number of hydrogen-bond donors (Lipinski definition) is 0. The van der Waals surface area contributed by atoms with E-state index in [-0.39, 0.29) is 5.78 Å². The van der Waals surface area contributed by atoms with E-state index in [4.69, 9.17) is 9.15 Å². The Morgan fingerprint density at radius 3 is 2.95 bits per heavy atom. The van der Waals surface area contributed by atoms with Crippen molar-refractivity contribution >= 4 is 21.7 Å². The molecule has 0 saturated heterocycles. The van der Waals surface area contributed by atoms with Crippen LogP contribution >= 0.6 is 15.9 Å². The van der Waals surface area contributed by atoms with E-state index in [0.29, 0.717) is 29.1 Å². The first-order chi connectivity index (χ1) is 9.17. The van der Waals surface area contributed by atoms with Crippen LogP contribution < -0.4 is 0 Å². The molecular weight excluding hydrogens is 312 g/mol. The SMILES string of the molecule is CCc1ccc(C(=O)c2c(Br)cnn2CCOC)o1. The number of ether oxygens (including phenoxy) is 1. The highest BCUT2D eigenvalue weighted by Gasteiger charge is 2.21. The highest BCUT2D eigenvalue weighted by molar-refractivity contribution is 9.10. The molecule has 2 aromatic rings. The highest BCUT2D eigenvalue weighted by atomic mass is 79.9. The summed E-state index contributed by atoms with van der Waals surface area (Å²) in [5, 5.41) is 4.15. The summed E-state index contributed by atoms with van der Waals surface area (Å²) in [5.74, 6) is 0.944. The van der Waals surface area contributed by atoms with Gasteiger partial charge >= 0.3 is 0 Å². The zero-order valence-electron chi connectivity index (χ0n) is 10.9. The van der Waals surface area contributed by atoms with Crippen molar-refractivity contribution in [3.63, 3.8) is 0 Å². The fraction of sp³-hybridized carbons (Fsp3) is 0.385. The monoisotopic (exact) mass is 326 g/mol. The van der Waals surface area contributed by atoms with Crippen LogP contribution in [0.15, 0.2) is 27.2 Å². The molecule has 0 aliphatic rings. The fourth-order valence-corrected chi connectivity index (χ4v) is 2.22. The van der Waals surface area contributed by atoms with E-state index in [9.17, 15) is 4.79 Å². The normalized spacial score (nSPS) is 10.9. The van der Waals surface area contributed by atoms with Crippen molar-refractivity contribution in [3.05, 3.63) is 40.0 Å². The van der Waals surface area contributed by atoms with E-state index in [1.165, 1.54) is 0 Å². The van der Waals surface area contributed by atoms with Crippen molar-refractivity contribution in [2.24, 2.45) is 0 Å². The van der Waals surface area contributed by atoms with E-state index >= 15 is 0 Å². The van der Waals surface area contributed by atoms with Gasteiger partial charge in [-0.1, -0.05) is 6.92 Å². The van der Waals surface area contributed by atoms with Gasteiger partial charge in [-0.3, -0.25) is 9.48 Å². The van der Waals surface area contributed by atoms with Gasteiger partial charge in [0.25, 0.3) is 0 Å². The van der Waals surface area contributed by atoms with Crippen molar-refractivity contribution in [3.8, 4) is 0 Å². The molecule has 0 aromatic carbocycles. The van der Waals surface area contributed by atoms with Gasteiger partial charge in [0.2, 0.25) is 5.78 Å². The Morgan fingerprint density at radius 1 is 1.53 bits per heavy atom. The summed E-state index contributed by atoms with van der Waals surface area (Å²) >= 11 is 3.34. The zero-order chi connectivity index (χ0) is 13.8. The highest BCUT2D eigenvalue weighted by Crippen LogP contribution is 2.21. The molecule has 0 saturated carbocycles. The molecule has 0 fully saturated rings. The van der Waals surface area contributed by atoms with Crippen LogP contribution in [0, 0.1) is 0 Å². The van der Waals surface area contributed by atoms with Crippen molar-refractivity contribution in [1.82, 2.24) is 9.78 Å². The molecule has 2 aromatic heterocycles. The van der Waals surface area contributed by atoms with Gasteiger partial charge in [0, 0.05) is 13.5 Å². The molecule has 0 spiro atoms. The van der Waals surface area contributed by atoms with Gasteiger partial charge in [0.1, 0.15) is 11.5 Å². The molecule has 0 bridgehead atoms. The molecule has 0 atom stereocenters. The second kappa shape index (κ2) is 6.16. The van der Waals surface area contributed by atoms with Gasteiger partial charge in [0.05, 0.1) is 23.8 Å². The quantitative estimate of drug-likeness (QED) is 0.766. The Balaban J connectivity index is 2.29. The lowest BCUT2D eigenvalue weighted by atomic mass is 10.2. The van der Waals surface area contributed by atoms with Crippen LogP contribution in [0.1, 0.15) is 28.9 Å². The average Bonchev–Trinajstić information content (AvgIpc) is 3.02. The topological polar surface area (TPSA) is 57.3 Å². The Hall–Kier alpha value is -1.40. The molecule has 6 heteroatoms. The fourth-order valence-electron chi connectivity index (χ4n) is 1.74. The van der Waals surface area contributed by atoms with Crippen molar-refractivity contribution in [2.45, 2.75) is 19.9 Å². The summed E-state index contributed by atoms with van der Waals surface area (Å²) in [5.41, 5.74) is 0.481. The van der Waals surface area contributed by atoms with E-state index in [0.717, 1.165) is 12.2 Å². The van der Waals surface area contributed by atoms with E-state index in [1.807, 2.05) is 13.0 Å². The largest absolute Gasteiger partial charge is 0.458 e. The Kier molecular flexibility index (Phi) is 4.55. The summed E-state index contributed by atoms with van der Waals surface area (Å²) < 4.78 is 12.8. The van der Waals surface area contributed by atoms with Crippen molar-refractivity contribution < 1.29 is 13.9 Å². The molecular formula is C13H15BrN2O3. The second-order valence-corrected chi connectivity index (χ2v) is 4.86. The maximum atomic E-state index is 12.4. The Bertz CT molecular complexity index is 574. The molecule has 102 valence electrons. The number of ketones is 1. The second-order valence-electron chi connectivity index (χ2n) is 4.01. The van der Waals surface area contributed by atoms with Gasteiger partial charge in [-0.05, 0) is 28.1 Å². The van der Waals surface area contributed by atoms with Crippen LogP contribution in [0.2, 0.25) is 0 Å². The molecule has 0 N–H and O–H groups in total. The third kappa shape index (κ3) is 2.96. The molecule has 0 unspecified atom stereocenters. The molecule has 19 heavy (non-hydrogen) atoms. The van der Waals surface area contributed by atoms with Crippen molar-refractivity contribution in [1.29, 1.82) is 0 Å². The first-order valence-corrected chi connectivity index (χ1v) is 6.80. The van der Waals surface area contributed by atoms with Gasteiger partial charge in [-0.15, -0.1) is 0 Å². The number of furan rings is 1. The zero-order valence-corrected chi connectivity index (χ0v) is 12.4. The van der Waals surface area contributed by atoms with E-state index in [1.54, 1.807) is 24.1 Å². The first-order valence-electron chi connectivity index (χ1n) is 6.01. The summed E-state index contributed by atoms with van der Waals surface area (Å²) in [6.07, 6.45) is 2.37. The third-order valence-corrected chi connectivity index (χ3v) is 3.33. The lowest BCUT2D eigenvalue weighted by Gasteiger charge is -2.05. The molecule has 2 rings (SSSR count). The van der Waals surface area contributed by atoms with Gasteiger partial charge in [0.15, 0.2) is 5.76 Å². The molecule has 2 heterocycles. The van der Waals surface area contributed by atoms with Gasteiger partial charge in [-0.2, -0.15) is 5.10 Å². The summed E-state index contributed by atoms with van der Waals surface area (Å²) in [6, 6.07) is 3.51. The minimum atomic E-state index is -0.180. The molecule has 0 radical (unpaired) electrons. The van der Waals surface area contributed by atoms with Gasteiger partial charge in [-0.25, -0.2) is 0 Å². The van der Waals surface area contributed by atoms with E-state index < -0.39 is 0 Å². The molecule has 0 amide bonds. The lowest BCUT2D eigenvalue weighted by molar-refractivity contribution is 0.0993. The Labute approximate surface area is 119 Å². The summed E-state index contributed by atoms with van der Waals surface area (Å²) in [6.45, 7) is 2.99. The van der Waals surface area contributed by atoms with Crippen LogP contribution in [0.25, 0.3) is 0 Å². The molecule has 0 aliphatic heterocycles. The standard InChI is InChI=1S/C13H15BrN2O3/c1-3-9-4-5-11(19-9)13(17)12-10(14)8-15-16(12)6-7-18-2/h4-5,8H,3,6-7H2,1-2H3. The maximum Gasteiger partial charge on any atom is 0.247 e. The van der Waals surface area contributed by atoms with Crippen LogP contribution in [0.4, 0.5) is 0 Å². The maximum absolute atomic E-state index is 12.4. The molecule has 0 aliphatic carbocycles.